The highest BCUT2D eigenvalue weighted by atomic mass is 35.5. The number of nitrogens with zero attached hydrogens (tertiary/aromatic N) is 1. The molecule has 0 aliphatic rings. The van der Waals surface area contributed by atoms with Gasteiger partial charge in [0.2, 0.25) is 5.88 Å². The summed E-state index contributed by atoms with van der Waals surface area (Å²) in [5.74, 6) is -0.218. The highest BCUT2D eigenvalue weighted by Crippen LogP contribution is 2.19. The van der Waals surface area contributed by atoms with Crippen molar-refractivity contribution >= 4 is 18.1 Å². The number of halogens is 3. The maximum atomic E-state index is 11.7. The molecule has 0 spiro atoms. The molecular formula is C7H9ClF2N2O. The second-order valence-electron chi connectivity index (χ2n) is 2.23. The Balaban J connectivity index is 0.00000144. The summed E-state index contributed by atoms with van der Waals surface area (Å²) in [6, 6.07) is 3.09. The summed E-state index contributed by atoms with van der Waals surface area (Å²) in [5.41, 5.74) is 6.01. The van der Waals surface area contributed by atoms with E-state index in [2.05, 4.69) is 9.72 Å². The first kappa shape index (κ1) is 11.9. The van der Waals surface area contributed by atoms with Crippen molar-refractivity contribution in [3.05, 3.63) is 17.8 Å². The molecule has 1 rings (SSSR count). The molecule has 0 fully saturated rings. The molecule has 2 N–H and O–H groups in total. The monoisotopic (exact) mass is 210 g/mol. The Kier molecular flexibility index (Phi) is 4.40. The number of ether oxygens (including phenoxy) is 1. The van der Waals surface area contributed by atoms with E-state index in [0.717, 1.165) is 0 Å². The normalized spacial score (nSPS) is 9.54. The van der Waals surface area contributed by atoms with Crippen LogP contribution in [0, 0.1) is 6.92 Å². The van der Waals surface area contributed by atoms with Crippen LogP contribution in [0.3, 0.4) is 0 Å². The van der Waals surface area contributed by atoms with Crippen LogP contribution in [0.25, 0.3) is 0 Å². The first-order valence-electron chi connectivity index (χ1n) is 3.27. The zero-order chi connectivity index (χ0) is 9.14. The number of pyridine rings is 1. The fourth-order valence-corrected chi connectivity index (χ4v) is 0.722. The molecule has 0 radical (unpaired) electrons. The SMILES string of the molecule is Cc1ccc(N)c(OC(F)F)n1.Cl. The van der Waals surface area contributed by atoms with Gasteiger partial charge in [0.05, 0.1) is 5.69 Å². The van der Waals surface area contributed by atoms with Crippen molar-refractivity contribution in [2.45, 2.75) is 13.5 Å². The van der Waals surface area contributed by atoms with E-state index in [1.165, 1.54) is 6.07 Å². The third-order valence-electron chi connectivity index (χ3n) is 1.23. The van der Waals surface area contributed by atoms with Gasteiger partial charge in [0.15, 0.2) is 0 Å². The van der Waals surface area contributed by atoms with E-state index in [0.29, 0.717) is 5.69 Å². The molecule has 0 unspecified atom stereocenters. The molecule has 1 heterocycles. The van der Waals surface area contributed by atoms with Crippen LogP contribution < -0.4 is 10.5 Å². The molecule has 0 atom stereocenters. The highest BCUT2D eigenvalue weighted by molar-refractivity contribution is 5.85. The van der Waals surface area contributed by atoms with Crippen LogP contribution in [0.15, 0.2) is 12.1 Å². The predicted molar refractivity (Wildman–Crippen MR) is 47.3 cm³/mol. The minimum Gasteiger partial charge on any atom is -0.415 e. The van der Waals surface area contributed by atoms with Crippen molar-refractivity contribution in [3.63, 3.8) is 0 Å². The first-order chi connectivity index (χ1) is 5.59. The lowest BCUT2D eigenvalue weighted by Crippen LogP contribution is -2.06. The van der Waals surface area contributed by atoms with Crippen molar-refractivity contribution in [3.8, 4) is 5.88 Å². The molecule has 6 heteroatoms. The average Bonchev–Trinajstić information content (AvgIpc) is 1.96. The number of nitrogen functional groups attached to an aromatic ring is 1. The van der Waals surface area contributed by atoms with E-state index < -0.39 is 6.61 Å². The van der Waals surface area contributed by atoms with E-state index in [9.17, 15) is 8.78 Å². The maximum absolute atomic E-state index is 11.7. The van der Waals surface area contributed by atoms with Crippen molar-refractivity contribution < 1.29 is 13.5 Å². The molecule has 74 valence electrons. The topological polar surface area (TPSA) is 48.1 Å². The average molecular weight is 211 g/mol. The maximum Gasteiger partial charge on any atom is 0.388 e. The van der Waals surface area contributed by atoms with Crippen LogP contribution in [0.2, 0.25) is 0 Å². The van der Waals surface area contributed by atoms with Gasteiger partial charge in [-0.25, -0.2) is 4.98 Å². The Morgan fingerprint density at radius 1 is 1.46 bits per heavy atom. The quantitative estimate of drug-likeness (QED) is 0.812. The molecule has 1 aromatic rings. The minimum absolute atomic E-state index is 0. The minimum atomic E-state index is -2.89. The largest absolute Gasteiger partial charge is 0.415 e. The molecule has 0 aliphatic heterocycles. The number of rotatable bonds is 2. The third kappa shape index (κ3) is 3.42. The molecule has 1 aromatic heterocycles. The Hall–Kier alpha value is -1.10. The number of hydrogen-bond acceptors (Lipinski definition) is 3. The van der Waals surface area contributed by atoms with Gasteiger partial charge in [-0.2, -0.15) is 8.78 Å². The number of anilines is 1. The molecule has 0 aliphatic carbocycles. The van der Waals surface area contributed by atoms with Gasteiger partial charge in [-0.3, -0.25) is 0 Å². The summed E-state index contributed by atoms with van der Waals surface area (Å²) in [6.45, 7) is -1.22. The van der Waals surface area contributed by atoms with Gasteiger partial charge in [-0.15, -0.1) is 12.4 Å². The van der Waals surface area contributed by atoms with Gasteiger partial charge in [-0.1, -0.05) is 0 Å². The van der Waals surface area contributed by atoms with E-state index in [-0.39, 0.29) is 24.0 Å². The number of aryl methyl sites for hydroxylation is 1. The van der Waals surface area contributed by atoms with E-state index in [4.69, 9.17) is 5.73 Å². The van der Waals surface area contributed by atoms with E-state index in [1.54, 1.807) is 13.0 Å². The van der Waals surface area contributed by atoms with Crippen LogP contribution in [0.4, 0.5) is 14.5 Å². The number of aromatic nitrogens is 1. The van der Waals surface area contributed by atoms with Crippen molar-refractivity contribution in [1.29, 1.82) is 0 Å². The Morgan fingerprint density at radius 3 is 2.62 bits per heavy atom. The molecule has 0 saturated carbocycles. The number of alkyl halides is 2. The van der Waals surface area contributed by atoms with Crippen LogP contribution in [-0.2, 0) is 0 Å². The fraction of sp³-hybridized carbons (Fsp3) is 0.286. The summed E-state index contributed by atoms with van der Waals surface area (Å²) < 4.78 is 27.5. The summed E-state index contributed by atoms with van der Waals surface area (Å²) in [7, 11) is 0. The van der Waals surface area contributed by atoms with Gasteiger partial charge in [0, 0.05) is 5.69 Å². The molecule has 13 heavy (non-hydrogen) atoms. The Bertz CT molecular complexity index is 283. The summed E-state index contributed by atoms with van der Waals surface area (Å²) in [5, 5.41) is 0. The molecule has 0 bridgehead atoms. The second-order valence-corrected chi connectivity index (χ2v) is 2.23. The Morgan fingerprint density at radius 2 is 2.08 bits per heavy atom. The van der Waals surface area contributed by atoms with Gasteiger partial charge in [-0.05, 0) is 19.1 Å². The van der Waals surface area contributed by atoms with Gasteiger partial charge in [0.25, 0.3) is 0 Å². The first-order valence-corrected chi connectivity index (χ1v) is 3.27. The summed E-state index contributed by atoms with van der Waals surface area (Å²) in [4.78, 5) is 3.69. The fourth-order valence-electron chi connectivity index (χ4n) is 0.722. The van der Waals surface area contributed by atoms with Crippen molar-refractivity contribution in [2.24, 2.45) is 0 Å². The molecule has 0 saturated heterocycles. The molecular weight excluding hydrogens is 202 g/mol. The zero-order valence-electron chi connectivity index (χ0n) is 6.83. The van der Waals surface area contributed by atoms with Gasteiger partial charge < -0.3 is 10.5 Å². The lowest BCUT2D eigenvalue weighted by atomic mass is 10.3. The number of nitrogens with two attached hydrogens (primary N) is 1. The van der Waals surface area contributed by atoms with Crippen LogP contribution in [0.1, 0.15) is 5.69 Å². The molecule has 0 amide bonds. The smallest absolute Gasteiger partial charge is 0.388 e. The standard InChI is InChI=1S/C7H8F2N2O.ClH/c1-4-2-3-5(10)6(11-4)12-7(8)9;/h2-3,7H,10H2,1H3;1H. The van der Waals surface area contributed by atoms with Crippen LogP contribution in [-0.4, -0.2) is 11.6 Å². The zero-order valence-corrected chi connectivity index (χ0v) is 7.65. The van der Waals surface area contributed by atoms with Gasteiger partial charge >= 0.3 is 6.61 Å². The van der Waals surface area contributed by atoms with Gasteiger partial charge in [0.1, 0.15) is 0 Å². The predicted octanol–water partition coefficient (Wildman–Crippen LogP) is 2.00. The summed E-state index contributed by atoms with van der Waals surface area (Å²) >= 11 is 0. The molecule has 0 aromatic carbocycles. The highest BCUT2D eigenvalue weighted by Gasteiger charge is 2.08. The lowest BCUT2D eigenvalue weighted by molar-refractivity contribution is -0.0523. The van der Waals surface area contributed by atoms with Crippen molar-refractivity contribution in [2.75, 3.05) is 5.73 Å². The van der Waals surface area contributed by atoms with Crippen LogP contribution in [0.5, 0.6) is 5.88 Å². The third-order valence-corrected chi connectivity index (χ3v) is 1.23. The molecule has 3 nitrogen and oxygen atoms in total. The lowest BCUT2D eigenvalue weighted by Gasteiger charge is -2.06. The summed E-state index contributed by atoms with van der Waals surface area (Å²) in [6.07, 6.45) is 0. The Labute approximate surface area is 80.3 Å². The van der Waals surface area contributed by atoms with Crippen molar-refractivity contribution in [1.82, 2.24) is 4.98 Å². The van der Waals surface area contributed by atoms with Crippen LogP contribution >= 0.6 is 12.4 Å². The van der Waals surface area contributed by atoms with E-state index in [1.807, 2.05) is 0 Å². The number of hydrogen-bond donors (Lipinski definition) is 1. The van der Waals surface area contributed by atoms with E-state index >= 15 is 0 Å². The second kappa shape index (κ2) is 4.81.